The average molecular weight is 304 g/mol. The molecule has 1 radical (unpaired) electrons. The predicted molar refractivity (Wildman–Crippen MR) is 95.8 cm³/mol. The Hall–Kier alpha value is -0.850. The lowest BCUT2D eigenvalue weighted by atomic mass is 9.93. The standard InChI is InChI=1S/C21H35O/c1-2-3-4-5-6-7-8-9-10-11-12-13-14-17-20-18-15-16-19-21(20)22/h15-16,18,20H,2-14,17H2,1H3. The summed E-state index contributed by atoms with van der Waals surface area (Å²) >= 11 is 0. The summed E-state index contributed by atoms with van der Waals surface area (Å²) in [5, 5.41) is 0. The molecule has 1 unspecified atom stereocenters. The van der Waals surface area contributed by atoms with Gasteiger partial charge in [0.1, 0.15) is 0 Å². The summed E-state index contributed by atoms with van der Waals surface area (Å²) in [4.78, 5) is 11.6. The van der Waals surface area contributed by atoms with E-state index in [9.17, 15) is 4.79 Å². The Morgan fingerprint density at radius 1 is 0.818 bits per heavy atom. The highest BCUT2D eigenvalue weighted by Crippen LogP contribution is 2.17. The number of allylic oxidation sites excluding steroid dienone is 4. The quantitative estimate of drug-likeness (QED) is 0.331. The van der Waals surface area contributed by atoms with Crippen LogP contribution in [0.1, 0.15) is 96.8 Å². The number of hydrogen-bond acceptors (Lipinski definition) is 1. The Morgan fingerprint density at radius 2 is 1.32 bits per heavy atom. The lowest BCUT2D eigenvalue weighted by Gasteiger charge is -2.10. The number of carbonyl (C=O) groups excluding carboxylic acids is 1. The first-order valence-electron chi connectivity index (χ1n) is 9.65. The van der Waals surface area contributed by atoms with E-state index in [1.165, 1.54) is 83.5 Å². The maximum Gasteiger partial charge on any atom is 0.170 e. The van der Waals surface area contributed by atoms with Crippen molar-refractivity contribution in [1.29, 1.82) is 0 Å². The summed E-state index contributed by atoms with van der Waals surface area (Å²) in [7, 11) is 0. The molecular weight excluding hydrogens is 268 g/mol. The average Bonchev–Trinajstić information content (AvgIpc) is 2.53. The van der Waals surface area contributed by atoms with Gasteiger partial charge in [0.25, 0.3) is 0 Å². The summed E-state index contributed by atoms with van der Waals surface area (Å²) in [6.07, 6.45) is 27.4. The molecule has 0 saturated carbocycles. The van der Waals surface area contributed by atoms with Crippen molar-refractivity contribution in [3.05, 3.63) is 24.3 Å². The highest BCUT2D eigenvalue weighted by atomic mass is 16.1. The van der Waals surface area contributed by atoms with Crippen LogP contribution >= 0.6 is 0 Å². The molecule has 0 fully saturated rings. The summed E-state index contributed by atoms with van der Waals surface area (Å²) in [6, 6.07) is 0. The molecule has 0 saturated heterocycles. The largest absolute Gasteiger partial charge is 0.293 e. The second-order valence-electron chi connectivity index (χ2n) is 6.70. The third-order valence-corrected chi connectivity index (χ3v) is 4.62. The predicted octanol–water partition coefficient (Wildman–Crippen LogP) is 6.58. The Balaban J connectivity index is 1.77. The van der Waals surface area contributed by atoms with Crippen molar-refractivity contribution in [2.24, 2.45) is 5.92 Å². The topological polar surface area (TPSA) is 17.1 Å². The van der Waals surface area contributed by atoms with E-state index in [0.29, 0.717) is 0 Å². The number of hydrogen-bond donors (Lipinski definition) is 0. The summed E-state index contributed by atoms with van der Waals surface area (Å²) in [5.74, 6) is 0.277. The zero-order valence-corrected chi connectivity index (χ0v) is 14.6. The summed E-state index contributed by atoms with van der Waals surface area (Å²) in [5.41, 5.74) is 0. The Morgan fingerprint density at radius 3 is 1.82 bits per heavy atom. The minimum Gasteiger partial charge on any atom is -0.293 e. The normalized spacial score (nSPS) is 17.3. The molecule has 1 aliphatic carbocycles. The van der Waals surface area contributed by atoms with Crippen molar-refractivity contribution in [3.8, 4) is 0 Å². The first-order chi connectivity index (χ1) is 10.8. The molecule has 0 heterocycles. The molecule has 125 valence electrons. The molecule has 1 rings (SSSR count). The molecule has 1 heteroatoms. The van der Waals surface area contributed by atoms with Crippen LogP contribution < -0.4 is 0 Å². The molecule has 0 aromatic rings. The van der Waals surface area contributed by atoms with Gasteiger partial charge < -0.3 is 0 Å². The van der Waals surface area contributed by atoms with E-state index in [1.54, 1.807) is 6.08 Å². The molecule has 0 amide bonds. The Labute approximate surface area is 138 Å². The molecule has 1 nitrogen and oxygen atoms in total. The maximum atomic E-state index is 11.6. The molecule has 1 atom stereocenters. The van der Waals surface area contributed by atoms with Gasteiger partial charge in [-0.1, -0.05) is 109 Å². The highest BCUT2D eigenvalue weighted by Gasteiger charge is 2.14. The third kappa shape index (κ3) is 9.97. The van der Waals surface area contributed by atoms with Crippen molar-refractivity contribution < 1.29 is 4.79 Å². The Bertz CT molecular complexity index is 327. The second-order valence-corrected chi connectivity index (χ2v) is 6.70. The van der Waals surface area contributed by atoms with E-state index >= 15 is 0 Å². The fourth-order valence-corrected chi connectivity index (χ4v) is 3.12. The second kappa shape index (κ2) is 13.8. The lowest BCUT2D eigenvalue weighted by molar-refractivity contribution is -0.117. The minimum absolute atomic E-state index is 0.109. The van der Waals surface area contributed by atoms with Crippen LogP contribution in [-0.4, -0.2) is 5.78 Å². The van der Waals surface area contributed by atoms with Crippen molar-refractivity contribution in [2.75, 3.05) is 0 Å². The molecular formula is C21H35O. The van der Waals surface area contributed by atoms with Crippen LogP contribution in [0.15, 0.2) is 18.2 Å². The van der Waals surface area contributed by atoms with E-state index in [2.05, 4.69) is 13.0 Å². The summed E-state index contributed by atoms with van der Waals surface area (Å²) < 4.78 is 0. The van der Waals surface area contributed by atoms with Crippen LogP contribution in [0.5, 0.6) is 0 Å². The zero-order valence-electron chi connectivity index (χ0n) is 14.6. The van der Waals surface area contributed by atoms with Gasteiger partial charge in [0, 0.05) is 12.0 Å². The van der Waals surface area contributed by atoms with Crippen LogP contribution in [0.2, 0.25) is 0 Å². The molecule has 0 aromatic heterocycles. The van der Waals surface area contributed by atoms with Crippen molar-refractivity contribution in [3.63, 3.8) is 0 Å². The van der Waals surface area contributed by atoms with Gasteiger partial charge in [-0.15, -0.1) is 0 Å². The monoisotopic (exact) mass is 303 g/mol. The SMILES string of the molecule is CCCCCCCCCCCCCCCC1C=CC=[C]C1=O. The number of rotatable bonds is 14. The van der Waals surface area contributed by atoms with Gasteiger partial charge >= 0.3 is 0 Å². The van der Waals surface area contributed by atoms with Gasteiger partial charge in [0.05, 0.1) is 0 Å². The van der Waals surface area contributed by atoms with Gasteiger partial charge in [-0.3, -0.25) is 4.79 Å². The molecule has 0 N–H and O–H groups in total. The third-order valence-electron chi connectivity index (χ3n) is 4.62. The van der Waals surface area contributed by atoms with Gasteiger partial charge in [0.2, 0.25) is 0 Å². The maximum absolute atomic E-state index is 11.6. The molecule has 0 spiro atoms. The summed E-state index contributed by atoms with van der Waals surface area (Å²) in [6.45, 7) is 2.28. The number of unbranched alkanes of at least 4 members (excludes halogenated alkanes) is 12. The molecule has 22 heavy (non-hydrogen) atoms. The van der Waals surface area contributed by atoms with E-state index in [1.807, 2.05) is 12.2 Å². The van der Waals surface area contributed by atoms with E-state index in [-0.39, 0.29) is 11.7 Å². The van der Waals surface area contributed by atoms with Crippen LogP contribution in [0.25, 0.3) is 0 Å². The van der Waals surface area contributed by atoms with Gasteiger partial charge in [-0.2, -0.15) is 0 Å². The molecule has 1 aliphatic rings. The minimum atomic E-state index is 0.109. The van der Waals surface area contributed by atoms with E-state index in [0.717, 1.165) is 6.42 Å². The molecule has 0 bridgehead atoms. The van der Waals surface area contributed by atoms with Crippen molar-refractivity contribution >= 4 is 5.78 Å². The Kier molecular flexibility index (Phi) is 12.0. The van der Waals surface area contributed by atoms with Crippen molar-refractivity contribution in [1.82, 2.24) is 0 Å². The fourth-order valence-electron chi connectivity index (χ4n) is 3.12. The van der Waals surface area contributed by atoms with Crippen LogP contribution in [0.3, 0.4) is 0 Å². The van der Waals surface area contributed by atoms with Gasteiger partial charge in [0.15, 0.2) is 5.78 Å². The lowest BCUT2D eigenvalue weighted by Crippen LogP contribution is -2.11. The van der Waals surface area contributed by atoms with Crippen LogP contribution in [0, 0.1) is 12.0 Å². The fraction of sp³-hybridized carbons (Fsp3) is 0.762. The number of carbonyl (C=O) groups is 1. The zero-order chi connectivity index (χ0) is 15.9. The van der Waals surface area contributed by atoms with E-state index in [4.69, 9.17) is 0 Å². The van der Waals surface area contributed by atoms with Gasteiger partial charge in [-0.05, 0) is 6.42 Å². The van der Waals surface area contributed by atoms with Gasteiger partial charge in [-0.25, -0.2) is 0 Å². The molecule has 0 aromatic carbocycles. The first-order valence-corrected chi connectivity index (χ1v) is 9.65. The highest BCUT2D eigenvalue weighted by molar-refractivity contribution is 5.90. The van der Waals surface area contributed by atoms with Crippen LogP contribution in [-0.2, 0) is 4.79 Å². The number of Topliss-reactive ketones (excluding diaryl/α,β-unsaturated/α-hetero) is 1. The smallest absolute Gasteiger partial charge is 0.170 e. The van der Waals surface area contributed by atoms with Crippen LogP contribution in [0.4, 0.5) is 0 Å². The number of ketones is 1. The van der Waals surface area contributed by atoms with E-state index < -0.39 is 0 Å². The van der Waals surface area contributed by atoms with Crippen molar-refractivity contribution in [2.45, 2.75) is 96.8 Å². The molecule has 0 aliphatic heterocycles. The first kappa shape index (κ1) is 19.2.